The van der Waals surface area contributed by atoms with Crippen molar-refractivity contribution in [1.29, 1.82) is 0 Å². The van der Waals surface area contributed by atoms with Crippen LogP contribution in [-0.2, 0) is 22.7 Å². The smallest absolute Gasteiger partial charge is 0.230 e. The van der Waals surface area contributed by atoms with Crippen LogP contribution >= 0.6 is 11.3 Å². The Morgan fingerprint density at radius 1 is 1.52 bits per heavy atom. The van der Waals surface area contributed by atoms with Gasteiger partial charge in [0.05, 0.1) is 10.5 Å². The Morgan fingerprint density at radius 2 is 2.30 bits per heavy atom. The Balaban J connectivity index is 1.56. The van der Waals surface area contributed by atoms with Gasteiger partial charge in [0.15, 0.2) is 11.0 Å². The van der Waals surface area contributed by atoms with Crippen molar-refractivity contribution < 1.29 is 18.4 Å². The predicted molar refractivity (Wildman–Crippen MR) is 97.7 cm³/mol. The molecule has 1 amide bonds. The summed E-state index contributed by atoms with van der Waals surface area (Å²) in [7, 11) is 0. The van der Waals surface area contributed by atoms with Crippen molar-refractivity contribution >= 4 is 22.4 Å². The fourth-order valence-electron chi connectivity index (χ4n) is 3.28. The van der Waals surface area contributed by atoms with E-state index in [2.05, 4.69) is 39.2 Å². The number of likely N-dealkylation sites (tertiary alicyclic amines) is 1. The second kappa shape index (κ2) is 7.99. The van der Waals surface area contributed by atoms with E-state index in [9.17, 15) is 9.18 Å². The highest BCUT2D eigenvalue weighted by Gasteiger charge is 2.36. The number of piperidine rings is 1. The number of hydrogen-bond acceptors (Lipinski definition) is 8. The first-order valence-electron chi connectivity index (χ1n) is 8.84. The van der Waals surface area contributed by atoms with E-state index in [1.165, 1.54) is 18.3 Å². The van der Waals surface area contributed by atoms with E-state index in [4.69, 9.17) is 9.26 Å². The largest absolute Gasteiger partial charge is 0.367 e. The number of carbonyl (C=O) groups excluding carboxylic acids is 1. The Hall–Kier alpha value is -1.91. The molecule has 2 atom stereocenters. The number of hydrogen-bond donors (Lipinski definition) is 1. The van der Waals surface area contributed by atoms with Crippen LogP contribution in [0.1, 0.15) is 50.2 Å². The van der Waals surface area contributed by atoms with Crippen LogP contribution < -0.4 is 5.32 Å². The monoisotopic (exact) mass is 397 g/mol. The summed E-state index contributed by atoms with van der Waals surface area (Å²) in [4.78, 5) is 21.8. The third-order valence-corrected chi connectivity index (χ3v) is 5.61. The highest BCUT2D eigenvalue weighted by Crippen LogP contribution is 2.33. The average molecular weight is 397 g/mol. The third-order valence-electron chi connectivity index (χ3n) is 4.68. The molecule has 148 valence electrons. The zero-order chi connectivity index (χ0) is 19.6. The number of aromatic nitrogens is 3. The van der Waals surface area contributed by atoms with Gasteiger partial charge in [-0.2, -0.15) is 14.4 Å². The molecule has 3 heterocycles. The van der Waals surface area contributed by atoms with E-state index in [1.54, 1.807) is 6.92 Å². The molecular weight excluding hydrogens is 373 g/mol. The van der Waals surface area contributed by atoms with E-state index in [0.717, 1.165) is 19.4 Å². The van der Waals surface area contributed by atoms with Gasteiger partial charge in [0.1, 0.15) is 6.61 Å². The van der Waals surface area contributed by atoms with Crippen molar-refractivity contribution in [2.75, 3.05) is 11.9 Å². The second-order valence-electron chi connectivity index (χ2n) is 7.16. The number of nitrogens with zero attached hydrogens (tertiary/aromatic N) is 4. The van der Waals surface area contributed by atoms with Gasteiger partial charge in [0, 0.05) is 33.0 Å². The minimum atomic E-state index is -0.520. The van der Waals surface area contributed by atoms with Crippen molar-refractivity contribution in [1.82, 2.24) is 20.0 Å². The molecule has 1 aliphatic heterocycles. The molecule has 0 aromatic carbocycles. The molecule has 27 heavy (non-hydrogen) atoms. The van der Waals surface area contributed by atoms with Crippen LogP contribution in [0.4, 0.5) is 9.52 Å². The molecule has 1 aliphatic rings. The van der Waals surface area contributed by atoms with E-state index in [-0.39, 0.29) is 17.6 Å². The Labute approximate surface area is 161 Å². The molecule has 0 saturated carbocycles. The number of rotatable bonds is 6. The van der Waals surface area contributed by atoms with E-state index in [1.807, 2.05) is 0 Å². The van der Waals surface area contributed by atoms with Gasteiger partial charge in [-0.15, -0.1) is 0 Å². The number of anilines is 1. The number of carbonyl (C=O) groups is 1. The van der Waals surface area contributed by atoms with Gasteiger partial charge in [0.2, 0.25) is 17.7 Å². The van der Waals surface area contributed by atoms with Gasteiger partial charge in [-0.1, -0.05) is 16.5 Å². The molecule has 1 N–H and O–H groups in total. The summed E-state index contributed by atoms with van der Waals surface area (Å²) in [6, 6.07) is 0.210. The van der Waals surface area contributed by atoms with Gasteiger partial charge in [-0.05, 0) is 26.7 Å². The first-order chi connectivity index (χ1) is 12.7. The van der Waals surface area contributed by atoms with Crippen LogP contribution in [0.3, 0.4) is 0 Å². The Bertz CT molecular complexity index is 810. The maximum Gasteiger partial charge on any atom is 0.230 e. The molecule has 0 aliphatic carbocycles. The third kappa shape index (κ3) is 5.08. The van der Waals surface area contributed by atoms with E-state index in [0.29, 0.717) is 34.9 Å². The number of amides is 1. The lowest BCUT2D eigenvalue weighted by molar-refractivity contribution is -0.114. The van der Waals surface area contributed by atoms with Crippen LogP contribution in [0.15, 0.2) is 4.52 Å². The molecule has 1 saturated heterocycles. The van der Waals surface area contributed by atoms with Crippen LogP contribution in [0.25, 0.3) is 0 Å². The molecule has 0 spiro atoms. The van der Waals surface area contributed by atoms with Gasteiger partial charge >= 0.3 is 0 Å². The topological polar surface area (TPSA) is 93.4 Å². The Morgan fingerprint density at radius 3 is 2.93 bits per heavy atom. The molecule has 8 nitrogen and oxygen atoms in total. The normalized spacial score (nSPS) is 23.5. The van der Waals surface area contributed by atoms with Crippen molar-refractivity contribution in [2.45, 2.75) is 65.3 Å². The second-order valence-corrected chi connectivity index (χ2v) is 8.24. The average Bonchev–Trinajstić information content (AvgIpc) is 3.14. The summed E-state index contributed by atoms with van der Waals surface area (Å²) in [6.07, 6.45) is 1.62. The molecular formula is C17H24FN5O3S. The lowest BCUT2D eigenvalue weighted by Crippen LogP contribution is -2.48. The van der Waals surface area contributed by atoms with Crippen molar-refractivity contribution in [2.24, 2.45) is 0 Å². The van der Waals surface area contributed by atoms with Crippen molar-refractivity contribution in [3.8, 4) is 0 Å². The molecule has 0 radical (unpaired) electrons. The number of nitrogens with one attached hydrogen (secondary N) is 1. The number of thiazole rings is 1. The van der Waals surface area contributed by atoms with E-state index >= 15 is 0 Å². The number of halogens is 1. The molecule has 2 aromatic rings. The quantitative estimate of drug-likeness (QED) is 0.801. The standard InChI is InChI=1S/C17H24FN5O3S/c1-10-7-17(4,25-9-14-20-12(3)26-22-14)5-6-23(10)8-13-15(18)21-16(27-13)19-11(2)24/h10H,5-9H2,1-4H3,(H,19,21,24)/t10-,17+/m0/s1. The van der Waals surface area contributed by atoms with Crippen LogP contribution in [0.5, 0.6) is 0 Å². The first kappa shape index (κ1) is 19.8. The van der Waals surface area contributed by atoms with Crippen molar-refractivity contribution in [3.05, 3.63) is 22.5 Å². The first-order valence-corrected chi connectivity index (χ1v) is 9.66. The zero-order valence-electron chi connectivity index (χ0n) is 15.9. The molecule has 1 fully saturated rings. The lowest BCUT2D eigenvalue weighted by Gasteiger charge is -2.43. The summed E-state index contributed by atoms with van der Waals surface area (Å²) in [5.41, 5.74) is -0.294. The molecule has 3 rings (SSSR count). The van der Waals surface area contributed by atoms with Crippen LogP contribution in [0, 0.1) is 12.9 Å². The van der Waals surface area contributed by atoms with Crippen LogP contribution in [0.2, 0.25) is 0 Å². The van der Waals surface area contributed by atoms with Gasteiger partial charge in [-0.25, -0.2) is 0 Å². The molecule has 10 heteroatoms. The SMILES string of the molecule is CC(=O)Nc1nc(F)c(CN2CC[C@@](C)(OCc3noc(C)n3)C[C@@H]2C)s1. The maximum absolute atomic E-state index is 14.1. The summed E-state index contributed by atoms with van der Waals surface area (Å²) < 4.78 is 25.1. The highest BCUT2D eigenvalue weighted by molar-refractivity contribution is 7.15. The van der Waals surface area contributed by atoms with E-state index < -0.39 is 5.95 Å². The number of aryl methyl sites for hydroxylation is 1. The molecule has 0 unspecified atom stereocenters. The summed E-state index contributed by atoms with van der Waals surface area (Å²) >= 11 is 1.18. The summed E-state index contributed by atoms with van der Waals surface area (Å²) in [5, 5.41) is 6.68. The molecule has 0 bridgehead atoms. The lowest BCUT2D eigenvalue weighted by atomic mass is 9.88. The number of ether oxygens (including phenoxy) is 1. The molecule has 2 aromatic heterocycles. The minimum Gasteiger partial charge on any atom is -0.367 e. The van der Waals surface area contributed by atoms with Gasteiger partial charge in [0.25, 0.3) is 0 Å². The fourth-order valence-corrected chi connectivity index (χ4v) is 4.19. The maximum atomic E-state index is 14.1. The minimum absolute atomic E-state index is 0.210. The highest BCUT2D eigenvalue weighted by atomic mass is 32.1. The predicted octanol–water partition coefficient (Wildman–Crippen LogP) is 2.89. The van der Waals surface area contributed by atoms with Crippen molar-refractivity contribution in [3.63, 3.8) is 0 Å². The summed E-state index contributed by atoms with van der Waals surface area (Å²) in [6.45, 7) is 8.85. The van der Waals surface area contributed by atoms with Crippen LogP contribution in [-0.4, -0.2) is 44.1 Å². The Kier molecular flexibility index (Phi) is 5.87. The van der Waals surface area contributed by atoms with Gasteiger partial charge < -0.3 is 14.6 Å². The summed E-state index contributed by atoms with van der Waals surface area (Å²) in [5.74, 6) is 0.285. The van der Waals surface area contributed by atoms with Gasteiger partial charge in [-0.3, -0.25) is 9.69 Å². The fraction of sp³-hybridized carbons (Fsp3) is 0.647. The zero-order valence-corrected chi connectivity index (χ0v) is 16.7.